The third-order valence-corrected chi connectivity index (χ3v) is 4.21. The highest BCUT2D eigenvalue weighted by Gasteiger charge is 2.27. The van der Waals surface area contributed by atoms with Gasteiger partial charge in [0.05, 0.1) is 6.04 Å². The molecule has 0 fully saturated rings. The Hall–Kier alpha value is -2.38. The third kappa shape index (κ3) is 11.9. The van der Waals surface area contributed by atoms with Gasteiger partial charge in [0, 0.05) is 12.2 Å². The van der Waals surface area contributed by atoms with E-state index in [-0.39, 0.29) is 18.6 Å². The molecular formula is C16H30N6O6S. The van der Waals surface area contributed by atoms with Crippen LogP contribution in [0.5, 0.6) is 0 Å². The number of carboxylic acids is 1. The molecule has 3 unspecified atom stereocenters. The SMILES string of the molecule is NCCCCC(N)C(=O)NC(CCC(N)=O)C(=O)NC(CS)C(=O)NCC(=O)O. The zero-order chi connectivity index (χ0) is 22.4. The number of carboxylic acid groups (broad SMARTS) is 1. The van der Waals surface area contributed by atoms with Crippen LogP contribution >= 0.6 is 12.6 Å². The first-order chi connectivity index (χ1) is 13.6. The van der Waals surface area contributed by atoms with Crippen molar-refractivity contribution in [2.75, 3.05) is 18.8 Å². The number of rotatable bonds is 15. The average Bonchev–Trinajstić information content (AvgIpc) is 2.66. The number of aliphatic carboxylic acids is 1. The Morgan fingerprint density at radius 1 is 0.931 bits per heavy atom. The lowest BCUT2D eigenvalue weighted by Crippen LogP contribution is -2.56. The quantitative estimate of drug-likeness (QED) is 0.0966. The second-order valence-electron chi connectivity index (χ2n) is 6.31. The molecule has 0 saturated heterocycles. The maximum absolute atomic E-state index is 12.5. The highest BCUT2D eigenvalue weighted by atomic mass is 32.1. The van der Waals surface area contributed by atoms with E-state index < -0.39 is 54.3 Å². The van der Waals surface area contributed by atoms with Crippen molar-refractivity contribution >= 4 is 42.2 Å². The molecular weight excluding hydrogens is 404 g/mol. The fourth-order valence-electron chi connectivity index (χ4n) is 2.23. The Labute approximate surface area is 174 Å². The Balaban J connectivity index is 5.00. The topological polar surface area (TPSA) is 220 Å². The molecule has 0 aliphatic rings. The van der Waals surface area contributed by atoms with Gasteiger partial charge in [0.1, 0.15) is 18.6 Å². The number of nitrogens with two attached hydrogens (primary N) is 3. The molecule has 3 atom stereocenters. The van der Waals surface area contributed by atoms with Gasteiger partial charge in [-0.1, -0.05) is 6.42 Å². The minimum atomic E-state index is -1.25. The Morgan fingerprint density at radius 2 is 1.55 bits per heavy atom. The summed E-state index contributed by atoms with van der Waals surface area (Å²) in [6.07, 6.45) is 1.41. The van der Waals surface area contributed by atoms with Crippen LogP contribution in [-0.2, 0) is 24.0 Å². The van der Waals surface area contributed by atoms with Crippen LogP contribution < -0.4 is 33.2 Å². The minimum Gasteiger partial charge on any atom is -0.480 e. The van der Waals surface area contributed by atoms with Crippen LogP contribution in [0.1, 0.15) is 32.1 Å². The number of hydrogen-bond acceptors (Lipinski definition) is 8. The highest BCUT2D eigenvalue weighted by molar-refractivity contribution is 7.80. The number of thiol groups is 1. The summed E-state index contributed by atoms with van der Waals surface area (Å²) in [6, 6.07) is -3.17. The van der Waals surface area contributed by atoms with Gasteiger partial charge in [0.2, 0.25) is 23.6 Å². The van der Waals surface area contributed by atoms with E-state index in [0.29, 0.717) is 25.8 Å². The van der Waals surface area contributed by atoms with Crippen LogP contribution in [0.2, 0.25) is 0 Å². The average molecular weight is 435 g/mol. The zero-order valence-electron chi connectivity index (χ0n) is 16.1. The lowest BCUT2D eigenvalue weighted by molar-refractivity contribution is -0.138. The molecule has 0 bridgehead atoms. The van der Waals surface area contributed by atoms with Crippen LogP contribution in [0, 0.1) is 0 Å². The van der Waals surface area contributed by atoms with Crippen LogP contribution in [0.15, 0.2) is 0 Å². The monoisotopic (exact) mass is 434 g/mol. The minimum absolute atomic E-state index is 0.0987. The van der Waals surface area contributed by atoms with Crippen molar-refractivity contribution in [2.45, 2.75) is 50.2 Å². The molecule has 0 aromatic carbocycles. The number of unbranched alkanes of at least 4 members (excludes halogenated alkanes) is 1. The summed E-state index contributed by atoms with van der Waals surface area (Å²) in [7, 11) is 0. The number of carbonyl (C=O) groups excluding carboxylic acids is 4. The van der Waals surface area contributed by atoms with E-state index in [9.17, 15) is 24.0 Å². The summed E-state index contributed by atoms with van der Waals surface area (Å²) >= 11 is 3.96. The molecule has 0 saturated carbocycles. The van der Waals surface area contributed by atoms with Crippen LogP contribution in [0.3, 0.4) is 0 Å². The number of hydrogen-bond donors (Lipinski definition) is 8. The van der Waals surface area contributed by atoms with E-state index in [1.807, 2.05) is 0 Å². The van der Waals surface area contributed by atoms with E-state index in [4.69, 9.17) is 22.3 Å². The summed E-state index contributed by atoms with van der Waals surface area (Å²) in [5.41, 5.74) is 16.3. The summed E-state index contributed by atoms with van der Waals surface area (Å²) in [5.74, 6) is -4.14. The molecule has 10 N–H and O–H groups in total. The Kier molecular flexibility index (Phi) is 13.4. The van der Waals surface area contributed by atoms with Crippen molar-refractivity contribution in [3.05, 3.63) is 0 Å². The van der Waals surface area contributed by atoms with Crippen molar-refractivity contribution in [2.24, 2.45) is 17.2 Å². The van der Waals surface area contributed by atoms with E-state index >= 15 is 0 Å². The second kappa shape index (κ2) is 14.6. The molecule has 0 rings (SSSR count). The van der Waals surface area contributed by atoms with Gasteiger partial charge in [-0.05, 0) is 25.8 Å². The fourth-order valence-corrected chi connectivity index (χ4v) is 2.48. The van der Waals surface area contributed by atoms with Crippen molar-refractivity contribution in [3.63, 3.8) is 0 Å². The number of amides is 4. The normalized spacial score (nSPS) is 13.6. The van der Waals surface area contributed by atoms with Gasteiger partial charge in [-0.15, -0.1) is 0 Å². The summed E-state index contributed by atoms with van der Waals surface area (Å²) in [5, 5.41) is 15.5. The molecule has 0 spiro atoms. The summed E-state index contributed by atoms with van der Waals surface area (Å²) in [4.78, 5) is 58.3. The molecule has 166 valence electrons. The lowest BCUT2D eigenvalue weighted by atomic mass is 10.1. The van der Waals surface area contributed by atoms with Gasteiger partial charge in [0.15, 0.2) is 0 Å². The molecule has 4 amide bonds. The van der Waals surface area contributed by atoms with Crippen molar-refractivity contribution < 1.29 is 29.1 Å². The maximum Gasteiger partial charge on any atom is 0.322 e. The van der Waals surface area contributed by atoms with Crippen molar-refractivity contribution in [1.82, 2.24) is 16.0 Å². The van der Waals surface area contributed by atoms with E-state index in [1.165, 1.54) is 0 Å². The number of carbonyl (C=O) groups is 5. The standard InChI is InChI=1S/C16H30N6O6S/c17-6-2-1-3-9(18)14(26)21-10(4-5-12(19)23)16(28)22-11(8-29)15(27)20-7-13(24)25/h9-11,29H,1-8,17-18H2,(H2,19,23)(H,20,27)(H,21,26)(H,22,28)(H,24,25). The zero-order valence-corrected chi connectivity index (χ0v) is 17.0. The van der Waals surface area contributed by atoms with Gasteiger partial charge in [-0.25, -0.2) is 0 Å². The molecule has 13 heteroatoms. The van der Waals surface area contributed by atoms with Crippen LogP contribution in [0.25, 0.3) is 0 Å². The molecule has 0 aliphatic heterocycles. The summed E-state index contributed by atoms with van der Waals surface area (Å²) < 4.78 is 0. The lowest BCUT2D eigenvalue weighted by Gasteiger charge is -2.23. The van der Waals surface area contributed by atoms with Gasteiger partial charge in [-0.2, -0.15) is 12.6 Å². The molecule has 0 radical (unpaired) electrons. The summed E-state index contributed by atoms with van der Waals surface area (Å²) in [6.45, 7) is -0.161. The van der Waals surface area contributed by atoms with Crippen molar-refractivity contribution in [1.29, 1.82) is 0 Å². The molecule has 0 aromatic heterocycles. The van der Waals surface area contributed by atoms with Gasteiger partial charge >= 0.3 is 5.97 Å². The number of nitrogens with one attached hydrogen (secondary N) is 3. The molecule has 29 heavy (non-hydrogen) atoms. The predicted molar refractivity (Wildman–Crippen MR) is 108 cm³/mol. The van der Waals surface area contributed by atoms with E-state index in [2.05, 4.69) is 28.6 Å². The molecule has 12 nitrogen and oxygen atoms in total. The third-order valence-electron chi connectivity index (χ3n) is 3.85. The highest BCUT2D eigenvalue weighted by Crippen LogP contribution is 2.03. The molecule has 0 heterocycles. The first-order valence-corrected chi connectivity index (χ1v) is 9.70. The molecule has 0 aromatic rings. The Morgan fingerprint density at radius 3 is 2.07 bits per heavy atom. The number of primary amides is 1. The predicted octanol–water partition coefficient (Wildman–Crippen LogP) is -3.19. The first-order valence-electron chi connectivity index (χ1n) is 9.07. The van der Waals surface area contributed by atoms with Gasteiger partial charge < -0.3 is 38.3 Å². The molecule has 0 aliphatic carbocycles. The van der Waals surface area contributed by atoms with Crippen molar-refractivity contribution in [3.8, 4) is 0 Å². The fraction of sp³-hybridized carbons (Fsp3) is 0.688. The van der Waals surface area contributed by atoms with Gasteiger partial charge in [0.25, 0.3) is 0 Å². The Bertz CT molecular complexity index is 590. The largest absolute Gasteiger partial charge is 0.480 e. The maximum atomic E-state index is 12.5. The first kappa shape index (κ1) is 26.6. The van der Waals surface area contributed by atoms with E-state index in [1.54, 1.807) is 0 Å². The smallest absolute Gasteiger partial charge is 0.322 e. The van der Waals surface area contributed by atoms with E-state index in [0.717, 1.165) is 0 Å². The second-order valence-corrected chi connectivity index (χ2v) is 6.68. The van der Waals surface area contributed by atoms with Crippen LogP contribution in [-0.4, -0.2) is 71.7 Å². The van der Waals surface area contributed by atoms with Crippen LogP contribution in [0.4, 0.5) is 0 Å². The van der Waals surface area contributed by atoms with Gasteiger partial charge in [-0.3, -0.25) is 24.0 Å².